The lowest BCUT2D eigenvalue weighted by atomic mass is 9.87. The van der Waals surface area contributed by atoms with E-state index in [0.717, 1.165) is 48.7 Å². The molecule has 7 nitrogen and oxygen atoms in total. The van der Waals surface area contributed by atoms with Gasteiger partial charge in [0.15, 0.2) is 0 Å². The first kappa shape index (κ1) is 22.0. The highest BCUT2D eigenvalue weighted by atomic mass is 16.2. The fraction of sp³-hybridized carbons (Fsp3) is 0.625. The van der Waals surface area contributed by atoms with E-state index in [1.165, 1.54) is 19.3 Å². The van der Waals surface area contributed by atoms with E-state index >= 15 is 0 Å². The SMILES string of the molecule is CC(C)(N)CCC1CCN(Cc2cccc3c2C(=O)N(C2CCC(=O)NC2=O)C3)CC1. The average molecular weight is 427 g/mol. The molecule has 0 aromatic heterocycles. The minimum Gasteiger partial charge on any atom is -0.326 e. The summed E-state index contributed by atoms with van der Waals surface area (Å²) in [5.74, 6) is 0.0246. The van der Waals surface area contributed by atoms with Crippen molar-refractivity contribution in [1.82, 2.24) is 15.1 Å². The highest BCUT2D eigenvalue weighted by Gasteiger charge is 2.40. The van der Waals surface area contributed by atoms with Crippen molar-refractivity contribution in [2.24, 2.45) is 11.7 Å². The molecule has 7 heteroatoms. The van der Waals surface area contributed by atoms with E-state index in [0.29, 0.717) is 13.0 Å². The van der Waals surface area contributed by atoms with Crippen LogP contribution in [0.2, 0.25) is 0 Å². The highest BCUT2D eigenvalue weighted by molar-refractivity contribution is 6.05. The van der Waals surface area contributed by atoms with Gasteiger partial charge in [-0.2, -0.15) is 0 Å². The van der Waals surface area contributed by atoms with Crippen molar-refractivity contribution < 1.29 is 14.4 Å². The monoisotopic (exact) mass is 426 g/mol. The number of imide groups is 1. The van der Waals surface area contributed by atoms with Crippen LogP contribution in [0.3, 0.4) is 0 Å². The van der Waals surface area contributed by atoms with Crippen LogP contribution in [0.1, 0.15) is 73.9 Å². The summed E-state index contributed by atoms with van der Waals surface area (Å²) in [6.07, 6.45) is 5.24. The third-order valence-electron chi connectivity index (χ3n) is 6.94. The lowest BCUT2D eigenvalue weighted by Crippen LogP contribution is -2.52. The second-order valence-electron chi connectivity index (χ2n) is 10.1. The summed E-state index contributed by atoms with van der Waals surface area (Å²) in [4.78, 5) is 41.1. The number of carbonyl (C=O) groups excluding carboxylic acids is 3. The van der Waals surface area contributed by atoms with Crippen LogP contribution in [0, 0.1) is 5.92 Å². The number of nitrogens with two attached hydrogens (primary N) is 1. The van der Waals surface area contributed by atoms with Gasteiger partial charge in [-0.25, -0.2) is 0 Å². The summed E-state index contributed by atoms with van der Waals surface area (Å²) in [5, 5.41) is 2.37. The Morgan fingerprint density at radius 2 is 1.87 bits per heavy atom. The smallest absolute Gasteiger partial charge is 0.255 e. The Hall–Kier alpha value is -2.25. The maximum Gasteiger partial charge on any atom is 0.255 e. The van der Waals surface area contributed by atoms with E-state index in [4.69, 9.17) is 5.73 Å². The molecule has 3 amide bonds. The van der Waals surface area contributed by atoms with Gasteiger partial charge in [-0.15, -0.1) is 0 Å². The number of amides is 3. The number of hydrogen-bond acceptors (Lipinski definition) is 5. The maximum atomic E-state index is 13.2. The molecule has 2 saturated heterocycles. The first-order valence-electron chi connectivity index (χ1n) is 11.5. The quantitative estimate of drug-likeness (QED) is 0.680. The lowest BCUT2D eigenvalue weighted by molar-refractivity contribution is -0.136. The van der Waals surface area contributed by atoms with Crippen LogP contribution in [0.4, 0.5) is 0 Å². The molecule has 1 aromatic carbocycles. The van der Waals surface area contributed by atoms with Crippen molar-refractivity contribution in [3.63, 3.8) is 0 Å². The standard InChI is InChI=1S/C24H34N4O3/c1-24(2,25)11-8-16-9-12-27(13-10-16)14-17-4-3-5-18-15-28(23(31)21(17)18)19-6-7-20(29)26-22(19)30/h3-5,16,19H,6-15,25H2,1-2H3,(H,26,29,30). The Balaban J connectivity index is 1.39. The van der Waals surface area contributed by atoms with Crippen LogP contribution in [0.5, 0.6) is 0 Å². The molecule has 0 aliphatic carbocycles. The summed E-state index contributed by atoms with van der Waals surface area (Å²) in [6, 6.07) is 5.45. The van der Waals surface area contributed by atoms with Crippen LogP contribution in [-0.2, 0) is 22.7 Å². The minimum absolute atomic E-state index is 0.0832. The molecule has 0 saturated carbocycles. The molecule has 3 heterocycles. The van der Waals surface area contributed by atoms with E-state index < -0.39 is 6.04 Å². The van der Waals surface area contributed by atoms with E-state index in [1.54, 1.807) is 4.90 Å². The molecule has 3 aliphatic rings. The molecule has 1 unspecified atom stereocenters. The van der Waals surface area contributed by atoms with Crippen LogP contribution in [0.25, 0.3) is 0 Å². The van der Waals surface area contributed by atoms with E-state index in [2.05, 4.69) is 24.1 Å². The van der Waals surface area contributed by atoms with Gasteiger partial charge < -0.3 is 10.6 Å². The van der Waals surface area contributed by atoms with Crippen molar-refractivity contribution in [1.29, 1.82) is 0 Å². The molecule has 0 radical (unpaired) electrons. The number of fused-ring (bicyclic) bond motifs is 1. The number of piperidine rings is 2. The van der Waals surface area contributed by atoms with Gasteiger partial charge in [0.25, 0.3) is 5.91 Å². The van der Waals surface area contributed by atoms with Crippen LogP contribution in [0.15, 0.2) is 18.2 Å². The van der Waals surface area contributed by atoms with Gasteiger partial charge in [-0.05, 0) is 76.1 Å². The van der Waals surface area contributed by atoms with Gasteiger partial charge in [0.2, 0.25) is 11.8 Å². The van der Waals surface area contributed by atoms with Crippen molar-refractivity contribution in [2.45, 2.75) is 77.0 Å². The zero-order valence-electron chi connectivity index (χ0n) is 18.7. The molecular formula is C24H34N4O3. The third kappa shape index (κ3) is 4.99. The Bertz CT molecular complexity index is 868. The molecule has 3 aliphatic heterocycles. The zero-order valence-corrected chi connectivity index (χ0v) is 18.7. The van der Waals surface area contributed by atoms with Crippen LogP contribution in [-0.4, -0.2) is 52.2 Å². The highest BCUT2D eigenvalue weighted by Crippen LogP contribution is 2.31. The topological polar surface area (TPSA) is 95.7 Å². The Kier molecular flexibility index (Phi) is 6.17. The molecule has 3 N–H and O–H groups in total. The average Bonchev–Trinajstić information content (AvgIpc) is 3.04. The Labute approximate surface area is 184 Å². The summed E-state index contributed by atoms with van der Waals surface area (Å²) in [7, 11) is 0. The summed E-state index contributed by atoms with van der Waals surface area (Å²) in [6.45, 7) is 7.44. The fourth-order valence-corrected chi connectivity index (χ4v) is 5.07. The minimum atomic E-state index is -0.562. The predicted molar refractivity (Wildman–Crippen MR) is 118 cm³/mol. The number of nitrogens with zero attached hydrogens (tertiary/aromatic N) is 2. The van der Waals surface area contributed by atoms with Gasteiger partial charge in [0.05, 0.1) is 0 Å². The van der Waals surface area contributed by atoms with Crippen molar-refractivity contribution in [3.05, 3.63) is 34.9 Å². The number of hydrogen-bond donors (Lipinski definition) is 2. The summed E-state index contributed by atoms with van der Waals surface area (Å²) in [5.41, 5.74) is 8.81. The third-order valence-corrected chi connectivity index (χ3v) is 6.94. The molecule has 0 spiro atoms. The Morgan fingerprint density at radius 1 is 1.13 bits per heavy atom. The second kappa shape index (κ2) is 8.71. The maximum absolute atomic E-state index is 13.2. The van der Waals surface area contributed by atoms with E-state index in [9.17, 15) is 14.4 Å². The number of nitrogens with one attached hydrogen (secondary N) is 1. The lowest BCUT2D eigenvalue weighted by Gasteiger charge is -2.33. The normalized spacial score (nSPS) is 23.3. The van der Waals surface area contributed by atoms with Crippen molar-refractivity contribution in [3.8, 4) is 0 Å². The first-order valence-corrected chi connectivity index (χ1v) is 11.5. The van der Waals surface area contributed by atoms with Crippen LogP contribution >= 0.6 is 0 Å². The van der Waals surface area contributed by atoms with Crippen molar-refractivity contribution >= 4 is 17.7 Å². The van der Waals surface area contributed by atoms with E-state index in [-0.39, 0.29) is 29.7 Å². The van der Waals surface area contributed by atoms with E-state index in [1.807, 2.05) is 18.2 Å². The molecule has 2 fully saturated rings. The number of carbonyl (C=O) groups is 3. The number of benzene rings is 1. The molecule has 4 rings (SSSR count). The van der Waals surface area contributed by atoms with Gasteiger partial charge >= 0.3 is 0 Å². The number of rotatable bonds is 6. The van der Waals surface area contributed by atoms with Gasteiger partial charge in [0, 0.05) is 30.6 Å². The molecule has 0 bridgehead atoms. The van der Waals surface area contributed by atoms with Gasteiger partial charge in [-0.1, -0.05) is 18.2 Å². The number of likely N-dealkylation sites (tertiary alicyclic amines) is 1. The molecule has 1 atom stereocenters. The second-order valence-corrected chi connectivity index (χ2v) is 10.1. The fourth-order valence-electron chi connectivity index (χ4n) is 5.07. The molecule has 168 valence electrons. The summed E-state index contributed by atoms with van der Waals surface area (Å²) >= 11 is 0. The molecular weight excluding hydrogens is 392 g/mol. The first-order chi connectivity index (χ1) is 14.7. The zero-order chi connectivity index (χ0) is 22.2. The molecule has 31 heavy (non-hydrogen) atoms. The van der Waals surface area contributed by atoms with Crippen molar-refractivity contribution in [2.75, 3.05) is 13.1 Å². The Morgan fingerprint density at radius 3 is 2.55 bits per heavy atom. The van der Waals surface area contributed by atoms with Crippen LogP contribution < -0.4 is 11.1 Å². The van der Waals surface area contributed by atoms with Gasteiger partial charge in [0.1, 0.15) is 6.04 Å². The summed E-state index contributed by atoms with van der Waals surface area (Å²) < 4.78 is 0. The molecule has 1 aromatic rings. The predicted octanol–water partition coefficient (Wildman–Crippen LogP) is 2.18. The van der Waals surface area contributed by atoms with Gasteiger partial charge in [-0.3, -0.25) is 24.6 Å². The largest absolute Gasteiger partial charge is 0.326 e.